The molecule has 0 bridgehead atoms. The van der Waals surface area contributed by atoms with E-state index in [-0.39, 0.29) is 5.41 Å². The molecule has 2 aromatic rings. The fourth-order valence-corrected chi connectivity index (χ4v) is 2.12. The van der Waals surface area contributed by atoms with Crippen LogP contribution in [-0.4, -0.2) is 15.1 Å². The first-order chi connectivity index (χ1) is 11.7. The van der Waals surface area contributed by atoms with Gasteiger partial charge < -0.3 is 10.2 Å². The van der Waals surface area contributed by atoms with E-state index in [1.807, 2.05) is 32.9 Å². The van der Waals surface area contributed by atoms with E-state index in [4.69, 9.17) is 10.2 Å². The summed E-state index contributed by atoms with van der Waals surface area (Å²) >= 11 is 0. The lowest BCUT2D eigenvalue weighted by Crippen LogP contribution is -2.12. The fraction of sp³-hybridized carbons (Fsp3) is 0.400. The zero-order valence-electron chi connectivity index (χ0n) is 16.0. The molecule has 0 heterocycles. The van der Waals surface area contributed by atoms with Crippen LogP contribution in [-0.2, 0) is 10.8 Å². The van der Waals surface area contributed by atoms with E-state index in [0.717, 1.165) is 6.07 Å². The highest BCUT2D eigenvalue weighted by Gasteiger charge is 2.24. The van der Waals surface area contributed by atoms with E-state index >= 15 is 0 Å². The molecule has 0 spiro atoms. The molecule has 26 heavy (non-hydrogen) atoms. The number of phenolic OH excluding ortho intramolecular Hbond substituents is 2. The molecular weight excluding hydrogens is 337 g/mol. The van der Waals surface area contributed by atoms with E-state index in [1.54, 1.807) is 12.1 Å². The van der Waals surface area contributed by atoms with Crippen LogP contribution in [0.4, 0.5) is 10.1 Å². The predicted molar refractivity (Wildman–Crippen MR) is 100 cm³/mol. The van der Waals surface area contributed by atoms with Crippen molar-refractivity contribution < 1.29 is 19.5 Å². The maximum atomic E-state index is 13.2. The van der Waals surface area contributed by atoms with Gasteiger partial charge in [0.1, 0.15) is 5.75 Å². The predicted octanol–water partition coefficient (Wildman–Crippen LogP) is 5.43. The van der Waals surface area contributed by atoms with Crippen molar-refractivity contribution in [3.8, 4) is 11.5 Å². The molecule has 0 aromatic heterocycles. The van der Waals surface area contributed by atoms with Gasteiger partial charge in [-0.1, -0.05) is 53.7 Å². The quantitative estimate of drug-likeness (QED) is 0.523. The van der Waals surface area contributed by atoms with Gasteiger partial charge in [0, 0.05) is 6.07 Å². The number of halogens is 1. The van der Waals surface area contributed by atoms with Crippen LogP contribution in [0.2, 0.25) is 0 Å². The highest BCUT2D eigenvalue weighted by molar-refractivity contribution is 5.50. The third-order valence-electron chi connectivity index (χ3n) is 3.84. The Balaban J connectivity index is 0.000000273. The number of phenols is 2. The van der Waals surface area contributed by atoms with Crippen molar-refractivity contribution in [2.24, 2.45) is 0 Å². The summed E-state index contributed by atoms with van der Waals surface area (Å²) in [6, 6.07) is 9.66. The number of benzene rings is 2. The van der Waals surface area contributed by atoms with E-state index in [2.05, 4.69) is 20.8 Å². The number of hydrogen-bond donors (Lipinski definition) is 2. The Bertz CT molecular complexity index is 772. The fourth-order valence-electron chi connectivity index (χ4n) is 2.12. The molecule has 0 aliphatic heterocycles. The second kappa shape index (κ2) is 7.72. The van der Waals surface area contributed by atoms with Gasteiger partial charge >= 0.3 is 5.69 Å². The molecule has 0 aliphatic rings. The minimum Gasteiger partial charge on any atom is -0.508 e. The number of nitrogens with zero attached hydrogens (tertiary/aromatic N) is 1. The first-order valence-electron chi connectivity index (χ1n) is 8.20. The highest BCUT2D eigenvalue weighted by Crippen LogP contribution is 2.34. The van der Waals surface area contributed by atoms with Gasteiger partial charge in [-0.25, -0.2) is 4.39 Å². The van der Waals surface area contributed by atoms with Crippen molar-refractivity contribution >= 4 is 5.69 Å². The molecule has 0 amide bonds. The number of nitro groups is 1. The van der Waals surface area contributed by atoms with Crippen LogP contribution in [0.1, 0.15) is 52.7 Å². The molecule has 2 aromatic carbocycles. The molecule has 0 unspecified atom stereocenters. The SMILES string of the molecule is CC(C)(C)c1cc(F)c(O)c([N+](=O)[O-])c1.CC(C)(C)c1ccc(O)cc1. The highest BCUT2D eigenvalue weighted by atomic mass is 19.1. The summed E-state index contributed by atoms with van der Waals surface area (Å²) < 4.78 is 13.2. The van der Waals surface area contributed by atoms with Gasteiger partial charge in [-0.2, -0.15) is 0 Å². The van der Waals surface area contributed by atoms with Crippen molar-refractivity contribution in [1.82, 2.24) is 0 Å². The first-order valence-corrected chi connectivity index (χ1v) is 8.20. The summed E-state index contributed by atoms with van der Waals surface area (Å²) in [4.78, 5) is 9.73. The van der Waals surface area contributed by atoms with Crippen LogP contribution >= 0.6 is 0 Å². The second-order valence-corrected chi connectivity index (χ2v) is 8.13. The van der Waals surface area contributed by atoms with Crippen LogP contribution in [0, 0.1) is 15.9 Å². The first kappa shape index (κ1) is 21.4. The maximum Gasteiger partial charge on any atom is 0.314 e. The number of rotatable bonds is 1. The summed E-state index contributed by atoms with van der Waals surface area (Å²) in [5.41, 5.74) is 0.896. The average Bonchev–Trinajstić information content (AvgIpc) is 2.48. The second-order valence-electron chi connectivity index (χ2n) is 8.13. The standard InChI is InChI=1S/C10H12FNO3.C10H14O/c1-10(2,3)6-4-7(11)9(13)8(5-6)12(14)15;1-10(2,3)8-4-6-9(11)7-5-8/h4-5,13H,1-3H3;4-7,11H,1-3H3. The Hall–Kier alpha value is -2.63. The minimum absolute atomic E-state index is 0.174. The van der Waals surface area contributed by atoms with E-state index in [0.29, 0.717) is 11.3 Å². The molecule has 142 valence electrons. The van der Waals surface area contributed by atoms with Crippen molar-refractivity contribution in [3.63, 3.8) is 0 Å². The van der Waals surface area contributed by atoms with Gasteiger partial charge in [0.25, 0.3) is 0 Å². The van der Waals surface area contributed by atoms with Gasteiger partial charge in [0.2, 0.25) is 5.75 Å². The van der Waals surface area contributed by atoms with Gasteiger partial charge in [0.15, 0.2) is 5.82 Å². The minimum atomic E-state index is -0.964. The molecule has 0 atom stereocenters. The molecule has 0 saturated carbocycles. The Kier molecular flexibility index (Phi) is 6.36. The average molecular weight is 363 g/mol. The Morgan fingerprint density at radius 1 is 0.885 bits per heavy atom. The number of hydrogen-bond acceptors (Lipinski definition) is 4. The maximum absolute atomic E-state index is 13.2. The molecule has 0 aliphatic carbocycles. The lowest BCUT2D eigenvalue weighted by molar-refractivity contribution is -0.386. The third kappa shape index (κ3) is 5.72. The van der Waals surface area contributed by atoms with Crippen LogP contribution in [0.3, 0.4) is 0 Å². The Labute approximate surface area is 153 Å². The third-order valence-corrected chi connectivity index (χ3v) is 3.84. The molecule has 0 fully saturated rings. The van der Waals surface area contributed by atoms with E-state index < -0.39 is 27.6 Å². The summed E-state index contributed by atoms with van der Waals surface area (Å²) in [6.45, 7) is 11.9. The molecular formula is C20H26FNO4. The smallest absolute Gasteiger partial charge is 0.314 e. The largest absolute Gasteiger partial charge is 0.508 e. The van der Waals surface area contributed by atoms with Gasteiger partial charge in [0.05, 0.1) is 4.92 Å². The molecule has 0 saturated heterocycles. The number of aromatic hydroxyl groups is 2. The van der Waals surface area contributed by atoms with Crippen LogP contribution < -0.4 is 0 Å². The van der Waals surface area contributed by atoms with Gasteiger partial charge in [-0.05, 0) is 40.2 Å². The topological polar surface area (TPSA) is 83.6 Å². The number of nitro benzene ring substituents is 1. The summed E-state index contributed by atoms with van der Waals surface area (Å²) in [5.74, 6) is -1.54. The summed E-state index contributed by atoms with van der Waals surface area (Å²) in [7, 11) is 0. The molecule has 5 nitrogen and oxygen atoms in total. The lowest BCUT2D eigenvalue weighted by atomic mass is 9.86. The Morgan fingerprint density at radius 3 is 1.73 bits per heavy atom. The summed E-state index contributed by atoms with van der Waals surface area (Å²) in [5, 5.41) is 28.7. The molecule has 0 radical (unpaired) electrons. The van der Waals surface area contributed by atoms with Crippen LogP contribution in [0.5, 0.6) is 11.5 Å². The molecule has 2 N–H and O–H groups in total. The zero-order valence-corrected chi connectivity index (χ0v) is 16.0. The Morgan fingerprint density at radius 2 is 1.35 bits per heavy atom. The van der Waals surface area contributed by atoms with Crippen molar-refractivity contribution in [1.29, 1.82) is 0 Å². The normalized spacial score (nSPS) is 11.5. The van der Waals surface area contributed by atoms with Crippen molar-refractivity contribution in [3.05, 3.63) is 63.5 Å². The molecule has 2 rings (SSSR count). The van der Waals surface area contributed by atoms with Gasteiger partial charge in [-0.15, -0.1) is 0 Å². The molecule has 6 heteroatoms. The van der Waals surface area contributed by atoms with Crippen molar-refractivity contribution in [2.45, 2.75) is 52.4 Å². The van der Waals surface area contributed by atoms with Crippen LogP contribution in [0.25, 0.3) is 0 Å². The van der Waals surface area contributed by atoms with E-state index in [9.17, 15) is 14.5 Å². The van der Waals surface area contributed by atoms with Crippen molar-refractivity contribution in [2.75, 3.05) is 0 Å². The van der Waals surface area contributed by atoms with Crippen LogP contribution in [0.15, 0.2) is 36.4 Å². The lowest BCUT2D eigenvalue weighted by Gasteiger charge is -2.18. The summed E-state index contributed by atoms with van der Waals surface area (Å²) in [6.07, 6.45) is 0. The van der Waals surface area contributed by atoms with Gasteiger partial charge in [-0.3, -0.25) is 10.1 Å². The van der Waals surface area contributed by atoms with E-state index in [1.165, 1.54) is 11.6 Å². The zero-order chi connectivity index (χ0) is 20.3. The monoisotopic (exact) mass is 363 g/mol.